The van der Waals surface area contributed by atoms with Crippen LogP contribution in [0.4, 0.5) is 0 Å². The summed E-state index contributed by atoms with van der Waals surface area (Å²) in [5, 5.41) is 3.64. The van der Waals surface area contributed by atoms with Gasteiger partial charge in [-0.15, -0.1) is 0 Å². The molecule has 0 aromatic heterocycles. The van der Waals surface area contributed by atoms with Gasteiger partial charge in [-0.3, -0.25) is 4.90 Å². The van der Waals surface area contributed by atoms with Crippen LogP contribution in [0.2, 0.25) is 0 Å². The van der Waals surface area contributed by atoms with Crippen LogP contribution in [0.5, 0.6) is 0 Å². The van der Waals surface area contributed by atoms with Crippen LogP contribution in [-0.2, 0) is 6.54 Å². The second kappa shape index (κ2) is 6.93. The van der Waals surface area contributed by atoms with Gasteiger partial charge in [0.05, 0.1) is 0 Å². The highest BCUT2D eigenvalue weighted by molar-refractivity contribution is 5.24. The maximum absolute atomic E-state index is 3.64. The normalized spacial score (nSPS) is 20.4. The van der Waals surface area contributed by atoms with Crippen LogP contribution < -0.4 is 5.32 Å². The van der Waals surface area contributed by atoms with Gasteiger partial charge in [0.1, 0.15) is 0 Å². The van der Waals surface area contributed by atoms with E-state index in [-0.39, 0.29) is 5.54 Å². The predicted molar refractivity (Wildman–Crippen MR) is 91.7 cm³/mol. The van der Waals surface area contributed by atoms with Gasteiger partial charge in [-0.1, -0.05) is 38.1 Å². The molecule has 0 bridgehead atoms. The van der Waals surface area contributed by atoms with Crippen molar-refractivity contribution in [1.29, 1.82) is 0 Å². The fraction of sp³-hybridized carbons (Fsp3) is 0.684. The monoisotopic (exact) mass is 288 g/mol. The van der Waals surface area contributed by atoms with Gasteiger partial charge in [-0.05, 0) is 63.2 Å². The van der Waals surface area contributed by atoms with E-state index in [1.165, 1.54) is 30.6 Å². The standard InChI is InChI=1S/C19H32N2/c1-15(2)18-8-6-16(7-9-18)13-21-11-10-17(14-21)12-20-19(3,4)5/h6-9,15,17,20H,10-14H2,1-5H3. The summed E-state index contributed by atoms with van der Waals surface area (Å²) in [6.45, 7) is 16.0. The Morgan fingerprint density at radius 2 is 1.86 bits per heavy atom. The van der Waals surface area contributed by atoms with Gasteiger partial charge < -0.3 is 5.32 Å². The second-order valence-electron chi connectivity index (χ2n) is 7.92. The van der Waals surface area contributed by atoms with Gasteiger partial charge >= 0.3 is 0 Å². The van der Waals surface area contributed by atoms with E-state index in [0.29, 0.717) is 5.92 Å². The SMILES string of the molecule is CC(C)c1ccc(CN2CCC(CNC(C)(C)C)C2)cc1. The van der Waals surface area contributed by atoms with Crippen LogP contribution in [0.25, 0.3) is 0 Å². The van der Waals surface area contributed by atoms with Crippen molar-refractivity contribution in [2.45, 2.75) is 59.0 Å². The minimum Gasteiger partial charge on any atom is -0.312 e. The zero-order valence-corrected chi connectivity index (χ0v) is 14.4. The highest BCUT2D eigenvalue weighted by Crippen LogP contribution is 2.20. The minimum absolute atomic E-state index is 0.236. The molecule has 0 aliphatic carbocycles. The van der Waals surface area contributed by atoms with Crippen molar-refractivity contribution < 1.29 is 0 Å². The van der Waals surface area contributed by atoms with E-state index in [2.05, 4.69) is 69.1 Å². The summed E-state index contributed by atoms with van der Waals surface area (Å²) in [7, 11) is 0. The average molecular weight is 288 g/mol. The van der Waals surface area contributed by atoms with E-state index in [4.69, 9.17) is 0 Å². The zero-order valence-electron chi connectivity index (χ0n) is 14.4. The lowest BCUT2D eigenvalue weighted by Gasteiger charge is -2.23. The molecule has 1 fully saturated rings. The molecule has 1 N–H and O–H groups in total. The van der Waals surface area contributed by atoms with Crippen LogP contribution in [0, 0.1) is 5.92 Å². The largest absolute Gasteiger partial charge is 0.312 e. The third-order valence-corrected chi connectivity index (χ3v) is 4.34. The lowest BCUT2D eigenvalue weighted by Crippen LogP contribution is -2.39. The van der Waals surface area contributed by atoms with E-state index in [1.807, 2.05) is 0 Å². The predicted octanol–water partition coefficient (Wildman–Crippen LogP) is 4.02. The van der Waals surface area contributed by atoms with Crippen LogP contribution in [0.1, 0.15) is 58.1 Å². The number of hydrogen-bond acceptors (Lipinski definition) is 2. The van der Waals surface area contributed by atoms with Crippen molar-refractivity contribution in [1.82, 2.24) is 10.2 Å². The Hall–Kier alpha value is -0.860. The Morgan fingerprint density at radius 1 is 1.19 bits per heavy atom. The minimum atomic E-state index is 0.236. The maximum atomic E-state index is 3.64. The van der Waals surface area contributed by atoms with E-state index in [9.17, 15) is 0 Å². The topological polar surface area (TPSA) is 15.3 Å². The summed E-state index contributed by atoms with van der Waals surface area (Å²) in [6, 6.07) is 9.18. The summed E-state index contributed by atoms with van der Waals surface area (Å²) in [5.74, 6) is 1.43. The number of nitrogens with one attached hydrogen (secondary N) is 1. The Morgan fingerprint density at radius 3 is 2.43 bits per heavy atom. The summed E-state index contributed by atoms with van der Waals surface area (Å²) in [5.41, 5.74) is 3.12. The number of hydrogen-bond donors (Lipinski definition) is 1. The van der Waals surface area contributed by atoms with E-state index in [1.54, 1.807) is 0 Å². The van der Waals surface area contributed by atoms with Gasteiger partial charge in [0.15, 0.2) is 0 Å². The Bertz CT molecular complexity index is 428. The quantitative estimate of drug-likeness (QED) is 0.880. The van der Waals surface area contributed by atoms with Gasteiger partial charge in [-0.25, -0.2) is 0 Å². The number of benzene rings is 1. The molecule has 2 heteroatoms. The molecule has 1 heterocycles. The van der Waals surface area contributed by atoms with E-state index < -0.39 is 0 Å². The van der Waals surface area contributed by atoms with E-state index >= 15 is 0 Å². The summed E-state index contributed by atoms with van der Waals surface area (Å²) in [4.78, 5) is 2.60. The molecule has 1 aliphatic rings. The Labute approximate surface area is 130 Å². The van der Waals surface area contributed by atoms with Crippen LogP contribution in [0.3, 0.4) is 0 Å². The maximum Gasteiger partial charge on any atom is 0.0233 e. The summed E-state index contributed by atoms with van der Waals surface area (Å²) >= 11 is 0. The third kappa shape index (κ3) is 5.44. The van der Waals surface area contributed by atoms with Crippen molar-refractivity contribution in [2.75, 3.05) is 19.6 Å². The summed E-state index contributed by atoms with van der Waals surface area (Å²) < 4.78 is 0. The van der Waals surface area contributed by atoms with Gasteiger partial charge in [0.25, 0.3) is 0 Å². The summed E-state index contributed by atoms with van der Waals surface area (Å²) in [6.07, 6.45) is 1.33. The first kappa shape index (κ1) is 16.5. The molecule has 1 saturated heterocycles. The molecule has 2 rings (SSSR count). The lowest BCUT2D eigenvalue weighted by atomic mass is 10.0. The molecule has 2 nitrogen and oxygen atoms in total. The number of rotatable bonds is 5. The Balaban J connectivity index is 1.79. The molecule has 0 spiro atoms. The fourth-order valence-electron chi connectivity index (χ4n) is 2.94. The van der Waals surface area contributed by atoms with Crippen LogP contribution >= 0.6 is 0 Å². The Kier molecular flexibility index (Phi) is 5.45. The first-order valence-corrected chi connectivity index (χ1v) is 8.40. The average Bonchev–Trinajstić information content (AvgIpc) is 2.84. The molecule has 21 heavy (non-hydrogen) atoms. The van der Waals surface area contributed by atoms with Gasteiger partial charge in [0.2, 0.25) is 0 Å². The molecule has 1 unspecified atom stereocenters. The molecule has 0 saturated carbocycles. The lowest BCUT2D eigenvalue weighted by molar-refractivity contribution is 0.305. The van der Waals surface area contributed by atoms with Gasteiger partial charge in [0, 0.05) is 18.6 Å². The van der Waals surface area contributed by atoms with Crippen LogP contribution in [0.15, 0.2) is 24.3 Å². The van der Waals surface area contributed by atoms with Crippen molar-refractivity contribution in [3.8, 4) is 0 Å². The smallest absolute Gasteiger partial charge is 0.0233 e. The molecule has 1 atom stereocenters. The molecule has 0 amide bonds. The van der Waals surface area contributed by atoms with Crippen molar-refractivity contribution >= 4 is 0 Å². The molecule has 0 radical (unpaired) electrons. The first-order chi connectivity index (χ1) is 9.83. The van der Waals surface area contributed by atoms with E-state index in [0.717, 1.165) is 19.0 Å². The highest BCUT2D eigenvalue weighted by Gasteiger charge is 2.23. The molecular weight excluding hydrogens is 256 g/mol. The van der Waals surface area contributed by atoms with Crippen LogP contribution in [-0.4, -0.2) is 30.1 Å². The molecule has 1 aromatic rings. The fourth-order valence-corrected chi connectivity index (χ4v) is 2.94. The molecular formula is C19H32N2. The van der Waals surface area contributed by atoms with Crippen molar-refractivity contribution in [3.05, 3.63) is 35.4 Å². The second-order valence-corrected chi connectivity index (χ2v) is 7.92. The zero-order chi connectivity index (χ0) is 15.5. The molecule has 1 aliphatic heterocycles. The number of nitrogens with zero attached hydrogens (tertiary/aromatic N) is 1. The molecule has 118 valence electrons. The van der Waals surface area contributed by atoms with Crippen molar-refractivity contribution in [3.63, 3.8) is 0 Å². The number of likely N-dealkylation sites (tertiary alicyclic amines) is 1. The van der Waals surface area contributed by atoms with Gasteiger partial charge in [-0.2, -0.15) is 0 Å². The molecule has 1 aromatic carbocycles. The third-order valence-electron chi connectivity index (χ3n) is 4.34. The highest BCUT2D eigenvalue weighted by atomic mass is 15.1. The first-order valence-electron chi connectivity index (χ1n) is 8.40. The van der Waals surface area contributed by atoms with Crippen molar-refractivity contribution in [2.24, 2.45) is 5.92 Å².